The van der Waals surface area contributed by atoms with Gasteiger partial charge >= 0.3 is 5.97 Å². The summed E-state index contributed by atoms with van der Waals surface area (Å²) in [7, 11) is 0. The number of rotatable bonds is 5. The van der Waals surface area contributed by atoms with E-state index in [0.717, 1.165) is 11.1 Å². The summed E-state index contributed by atoms with van der Waals surface area (Å²) in [6.45, 7) is 2.34. The minimum Gasteiger partial charge on any atom is -0.481 e. The van der Waals surface area contributed by atoms with Gasteiger partial charge in [-0.25, -0.2) is 0 Å². The maximum Gasteiger partial charge on any atom is 0.310 e. The van der Waals surface area contributed by atoms with Crippen molar-refractivity contribution in [3.8, 4) is 0 Å². The van der Waals surface area contributed by atoms with E-state index in [1.807, 2.05) is 24.3 Å². The first-order chi connectivity index (χ1) is 9.66. The molecule has 110 valence electrons. The van der Waals surface area contributed by atoms with Crippen molar-refractivity contribution < 1.29 is 14.6 Å². The average Bonchev–Trinajstić information content (AvgIpc) is 2.73. The van der Waals surface area contributed by atoms with E-state index in [9.17, 15) is 4.79 Å². The fourth-order valence-electron chi connectivity index (χ4n) is 2.67. The van der Waals surface area contributed by atoms with Gasteiger partial charge in [-0.15, -0.1) is 0 Å². The van der Waals surface area contributed by atoms with Crippen molar-refractivity contribution in [3.05, 3.63) is 35.4 Å². The second-order valence-corrected chi connectivity index (χ2v) is 5.73. The zero-order chi connectivity index (χ0) is 14.4. The van der Waals surface area contributed by atoms with Crippen molar-refractivity contribution >= 4 is 5.97 Å². The van der Waals surface area contributed by atoms with Crippen LogP contribution in [0.25, 0.3) is 0 Å². The van der Waals surface area contributed by atoms with Crippen LogP contribution in [-0.2, 0) is 16.1 Å². The highest BCUT2D eigenvalue weighted by molar-refractivity contribution is 5.75. The molecule has 1 N–H and O–H groups in total. The van der Waals surface area contributed by atoms with E-state index >= 15 is 0 Å². The number of benzene rings is 1. The lowest BCUT2D eigenvalue weighted by Gasteiger charge is -2.15. The van der Waals surface area contributed by atoms with Gasteiger partial charge in [0.2, 0.25) is 0 Å². The highest BCUT2D eigenvalue weighted by atomic mass is 16.5. The minimum atomic E-state index is -0.785. The lowest BCUT2D eigenvalue weighted by Crippen LogP contribution is -2.11. The van der Waals surface area contributed by atoms with Crippen LogP contribution in [0.15, 0.2) is 24.3 Å². The number of carbonyl (C=O) groups is 1. The summed E-state index contributed by atoms with van der Waals surface area (Å²) in [4.78, 5) is 10.9. The van der Waals surface area contributed by atoms with E-state index < -0.39 is 11.9 Å². The summed E-state index contributed by atoms with van der Waals surface area (Å²) in [6.07, 6.45) is 7.97. The summed E-state index contributed by atoms with van der Waals surface area (Å²) in [5, 5.41) is 8.98. The molecule has 20 heavy (non-hydrogen) atoms. The highest BCUT2D eigenvalue weighted by Gasteiger charge is 2.14. The van der Waals surface area contributed by atoms with Gasteiger partial charge in [0, 0.05) is 0 Å². The molecule has 0 heterocycles. The molecule has 1 aromatic carbocycles. The molecule has 1 aromatic rings. The number of aliphatic carboxylic acids is 1. The second-order valence-electron chi connectivity index (χ2n) is 5.73. The van der Waals surface area contributed by atoms with Crippen LogP contribution in [0.4, 0.5) is 0 Å². The Morgan fingerprint density at radius 3 is 2.35 bits per heavy atom. The third kappa shape index (κ3) is 4.34. The maximum atomic E-state index is 10.9. The van der Waals surface area contributed by atoms with Gasteiger partial charge in [-0.05, 0) is 30.9 Å². The zero-order valence-electron chi connectivity index (χ0n) is 12.2. The Kier molecular flexibility index (Phi) is 5.60. The molecule has 0 amide bonds. The Labute approximate surface area is 121 Å². The Hall–Kier alpha value is -1.35. The first kappa shape index (κ1) is 15.0. The van der Waals surface area contributed by atoms with Gasteiger partial charge in [0.15, 0.2) is 0 Å². The Morgan fingerprint density at radius 2 is 1.80 bits per heavy atom. The summed E-state index contributed by atoms with van der Waals surface area (Å²) in [5.41, 5.74) is 1.96. The second kappa shape index (κ2) is 7.44. The Morgan fingerprint density at radius 1 is 1.20 bits per heavy atom. The van der Waals surface area contributed by atoms with E-state index in [0.29, 0.717) is 12.7 Å². The van der Waals surface area contributed by atoms with Gasteiger partial charge in [-0.3, -0.25) is 4.79 Å². The largest absolute Gasteiger partial charge is 0.481 e. The van der Waals surface area contributed by atoms with Crippen LogP contribution in [0.3, 0.4) is 0 Å². The molecule has 1 atom stereocenters. The van der Waals surface area contributed by atoms with Crippen LogP contribution in [0.2, 0.25) is 0 Å². The molecule has 0 radical (unpaired) electrons. The van der Waals surface area contributed by atoms with Gasteiger partial charge in [0.1, 0.15) is 0 Å². The molecule has 3 nitrogen and oxygen atoms in total. The van der Waals surface area contributed by atoms with Gasteiger partial charge < -0.3 is 9.84 Å². The number of ether oxygens (including phenoxy) is 1. The number of hydrogen-bond donors (Lipinski definition) is 1. The molecule has 0 bridgehead atoms. The number of carboxylic acid groups (broad SMARTS) is 1. The third-order valence-corrected chi connectivity index (χ3v) is 4.14. The van der Waals surface area contributed by atoms with Crippen molar-refractivity contribution in [3.63, 3.8) is 0 Å². The molecule has 1 aliphatic rings. The fourth-order valence-corrected chi connectivity index (χ4v) is 2.67. The number of hydrogen-bond acceptors (Lipinski definition) is 2. The summed E-state index contributed by atoms with van der Waals surface area (Å²) < 4.78 is 5.98. The van der Waals surface area contributed by atoms with Crippen LogP contribution in [0.1, 0.15) is 62.5 Å². The monoisotopic (exact) mass is 276 g/mol. The van der Waals surface area contributed by atoms with Crippen molar-refractivity contribution in [2.45, 2.75) is 64.1 Å². The van der Waals surface area contributed by atoms with Gasteiger partial charge in [-0.2, -0.15) is 0 Å². The summed E-state index contributed by atoms with van der Waals surface area (Å²) in [6, 6.07) is 7.74. The molecule has 0 spiro atoms. The smallest absolute Gasteiger partial charge is 0.310 e. The normalized spacial score (nSPS) is 18.4. The molecule has 1 unspecified atom stereocenters. The van der Waals surface area contributed by atoms with Crippen LogP contribution in [0.5, 0.6) is 0 Å². The lowest BCUT2D eigenvalue weighted by atomic mass is 10.0. The van der Waals surface area contributed by atoms with E-state index in [-0.39, 0.29) is 0 Å². The maximum absolute atomic E-state index is 10.9. The van der Waals surface area contributed by atoms with Crippen molar-refractivity contribution in [2.75, 3.05) is 0 Å². The molecule has 1 fully saturated rings. The van der Waals surface area contributed by atoms with Gasteiger partial charge in [-0.1, -0.05) is 49.9 Å². The topological polar surface area (TPSA) is 46.5 Å². The van der Waals surface area contributed by atoms with Crippen molar-refractivity contribution in [1.82, 2.24) is 0 Å². The van der Waals surface area contributed by atoms with Crippen LogP contribution < -0.4 is 0 Å². The van der Waals surface area contributed by atoms with Crippen molar-refractivity contribution in [1.29, 1.82) is 0 Å². The molecule has 0 saturated heterocycles. The van der Waals surface area contributed by atoms with Gasteiger partial charge in [0.05, 0.1) is 18.6 Å². The SMILES string of the molecule is CC(C(=O)O)c1ccc(COC2CCCCCC2)cc1. The van der Waals surface area contributed by atoms with E-state index in [2.05, 4.69) is 0 Å². The van der Waals surface area contributed by atoms with Gasteiger partial charge in [0.25, 0.3) is 0 Å². The number of carboxylic acids is 1. The summed E-state index contributed by atoms with van der Waals surface area (Å²) in [5.74, 6) is -1.24. The first-order valence-electron chi connectivity index (χ1n) is 7.60. The Bertz CT molecular complexity index is 416. The Balaban J connectivity index is 1.85. The average molecular weight is 276 g/mol. The molecule has 0 aliphatic heterocycles. The van der Waals surface area contributed by atoms with Crippen LogP contribution in [0, 0.1) is 0 Å². The highest BCUT2D eigenvalue weighted by Crippen LogP contribution is 2.21. The predicted molar refractivity (Wildman–Crippen MR) is 78.8 cm³/mol. The molecule has 1 saturated carbocycles. The zero-order valence-corrected chi connectivity index (χ0v) is 12.2. The molecule has 1 aliphatic carbocycles. The molecule has 0 aromatic heterocycles. The molecular formula is C17H24O3. The standard InChI is InChI=1S/C17H24O3/c1-13(17(18)19)15-10-8-14(9-11-15)12-20-16-6-4-2-3-5-7-16/h8-11,13,16H,2-7,12H2,1H3,(H,18,19). The van der Waals surface area contributed by atoms with E-state index in [4.69, 9.17) is 9.84 Å². The molecule has 3 heteroatoms. The van der Waals surface area contributed by atoms with Crippen LogP contribution >= 0.6 is 0 Å². The fraction of sp³-hybridized carbons (Fsp3) is 0.588. The third-order valence-electron chi connectivity index (χ3n) is 4.14. The molecular weight excluding hydrogens is 252 g/mol. The lowest BCUT2D eigenvalue weighted by molar-refractivity contribution is -0.138. The van der Waals surface area contributed by atoms with E-state index in [1.54, 1.807) is 6.92 Å². The quantitative estimate of drug-likeness (QED) is 0.823. The van der Waals surface area contributed by atoms with E-state index in [1.165, 1.54) is 38.5 Å². The molecule has 2 rings (SSSR count). The first-order valence-corrected chi connectivity index (χ1v) is 7.60. The minimum absolute atomic E-state index is 0.398. The van der Waals surface area contributed by atoms with Crippen LogP contribution in [-0.4, -0.2) is 17.2 Å². The summed E-state index contributed by atoms with van der Waals surface area (Å²) >= 11 is 0. The van der Waals surface area contributed by atoms with Crippen molar-refractivity contribution in [2.24, 2.45) is 0 Å². The predicted octanol–water partition coefficient (Wildman–Crippen LogP) is 4.11.